The minimum Gasteiger partial charge on any atom is -0.394 e. The molecule has 3 aliphatic rings. The Kier molecular flexibility index (Phi) is 3.95. The van der Waals surface area contributed by atoms with E-state index >= 15 is 0 Å². The van der Waals surface area contributed by atoms with Gasteiger partial charge in [-0.3, -0.25) is 4.79 Å². The lowest BCUT2D eigenvalue weighted by molar-refractivity contribution is -0.153. The summed E-state index contributed by atoms with van der Waals surface area (Å²) >= 11 is 0. The third kappa shape index (κ3) is 2.50. The molecule has 0 radical (unpaired) electrons. The molecule has 4 rings (SSSR count). The summed E-state index contributed by atoms with van der Waals surface area (Å²) in [5.74, 6) is 0.353. The highest BCUT2D eigenvalue weighted by Crippen LogP contribution is 2.41. The van der Waals surface area contributed by atoms with Crippen LogP contribution in [0.15, 0.2) is 30.3 Å². The molecule has 0 aromatic heterocycles. The standard InChI is InChI=1S/C19H24N2O2/c22-12-17-19(16-10-20-11-18(23)21(16)17)15-8-6-14(7-9-15)13-4-2-1-3-5-13/h4,6-9,16-17,19-20,22H,1-3,5,10-12H2/t16-,17+,19-/m1/s1. The molecule has 3 atom stereocenters. The van der Waals surface area contributed by atoms with Crippen LogP contribution >= 0.6 is 0 Å². The van der Waals surface area contributed by atoms with E-state index in [2.05, 4.69) is 35.7 Å². The molecular weight excluding hydrogens is 288 g/mol. The van der Waals surface area contributed by atoms with Gasteiger partial charge in [-0.05, 0) is 42.4 Å². The first kappa shape index (κ1) is 14.9. The molecule has 0 bridgehead atoms. The summed E-state index contributed by atoms with van der Waals surface area (Å²) in [5.41, 5.74) is 4.02. The Morgan fingerprint density at radius 1 is 1.22 bits per heavy atom. The van der Waals surface area contributed by atoms with E-state index in [0.717, 1.165) is 6.54 Å². The summed E-state index contributed by atoms with van der Waals surface area (Å²) in [7, 11) is 0. The van der Waals surface area contributed by atoms with Crippen molar-refractivity contribution in [1.82, 2.24) is 10.2 Å². The SMILES string of the molecule is O=C1CNC[C@@H]2[C@@H](c3ccc(C4=CCCCC4)cc3)[C@H](CO)N12. The minimum atomic E-state index is -0.0608. The van der Waals surface area contributed by atoms with E-state index in [1.165, 1.54) is 42.4 Å². The molecule has 1 aromatic carbocycles. The van der Waals surface area contributed by atoms with Gasteiger partial charge in [0.1, 0.15) is 0 Å². The molecule has 0 saturated carbocycles. The molecule has 1 amide bonds. The Hall–Kier alpha value is -1.65. The van der Waals surface area contributed by atoms with Crippen LogP contribution in [0.1, 0.15) is 42.7 Å². The zero-order valence-corrected chi connectivity index (χ0v) is 13.4. The molecule has 0 spiro atoms. The number of aliphatic hydroxyl groups is 1. The van der Waals surface area contributed by atoms with Crippen molar-refractivity contribution >= 4 is 11.5 Å². The summed E-state index contributed by atoms with van der Waals surface area (Å²) in [4.78, 5) is 13.9. The van der Waals surface area contributed by atoms with Crippen LogP contribution in [-0.2, 0) is 4.79 Å². The van der Waals surface area contributed by atoms with Crippen LogP contribution in [0.2, 0.25) is 0 Å². The smallest absolute Gasteiger partial charge is 0.237 e. The van der Waals surface area contributed by atoms with Gasteiger partial charge in [0.05, 0.1) is 25.2 Å². The fraction of sp³-hybridized carbons (Fsp3) is 0.526. The monoisotopic (exact) mass is 312 g/mol. The van der Waals surface area contributed by atoms with E-state index < -0.39 is 0 Å². The van der Waals surface area contributed by atoms with E-state index in [0.29, 0.717) is 6.54 Å². The maximum atomic E-state index is 12.0. The highest BCUT2D eigenvalue weighted by Gasteiger charge is 2.52. The predicted molar refractivity (Wildman–Crippen MR) is 90.0 cm³/mol. The van der Waals surface area contributed by atoms with Crippen molar-refractivity contribution in [1.29, 1.82) is 0 Å². The molecule has 122 valence electrons. The van der Waals surface area contributed by atoms with E-state index in [9.17, 15) is 9.90 Å². The number of carbonyl (C=O) groups excluding carboxylic acids is 1. The van der Waals surface area contributed by atoms with Crippen LogP contribution in [0.5, 0.6) is 0 Å². The van der Waals surface area contributed by atoms with Gasteiger partial charge in [0.2, 0.25) is 5.91 Å². The van der Waals surface area contributed by atoms with Gasteiger partial charge in [-0.2, -0.15) is 0 Å². The summed E-state index contributed by atoms with van der Waals surface area (Å²) in [6.45, 7) is 1.26. The Bertz CT molecular complexity index is 617. The zero-order chi connectivity index (χ0) is 15.8. The molecule has 0 unspecified atom stereocenters. The van der Waals surface area contributed by atoms with Crippen molar-refractivity contribution in [2.45, 2.75) is 43.7 Å². The lowest BCUT2D eigenvalue weighted by Crippen LogP contribution is -2.72. The summed E-state index contributed by atoms with van der Waals surface area (Å²) in [6, 6.07) is 8.93. The minimum absolute atomic E-state index is 0.0415. The number of aliphatic hydroxyl groups excluding tert-OH is 1. The molecular formula is C19H24N2O2. The summed E-state index contributed by atoms with van der Waals surface area (Å²) < 4.78 is 0. The highest BCUT2D eigenvalue weighted by molar-refractivity contribution is 5.81. The number of nitrogens with zero attached hydrogens (tertiary/aromatic N) is 1. The van der Waals surface area contributed by atoms with Crippen LogP contribution < -0.4 is 5.32 Å². The number of allylic oxidation sites excluding steroid dienone is 2. The second kappa shape index (κ2) is 6.10. The molecule has 4 nitrogen and oxygen atoms in total. The van der Waals surface area contributed by atoms with Gasteiger partial charge in [0, 0.05) is 12.5 Å². The van der Waals surface area contributed by atoms with Gasteiger partial charge >= 0.3 is 0 Å². The first-order valence-corrected chi connectivity index (χ1v) is 8.71. The highest BCUT2D eigenvalue weighted by atomic mass is 16.3. The second-order valence-electron chi connectivity index (χ2n) is 6.87. The molecule has 2 aliphatic heterocycles. The molecule has 23 heavy (non-hydrogen) atoms. The van der Waals surface area contributed by atoms with Crippen LogP contribution in [-0.4, -0.2) is 47.7 Å². The summed E-state index contributed by atoms with van der Waals surface area (Å²) in [6.07, 6.45) is 7.33. The largest absolute Gasteiger partial charge is 0.394 e. The number of fused-ring (bicyclic) bond motifs is 1. The number of nitrogens with one attached hydrogen (secondary N) is 1. The Labute approximate surface area is 137 Å². The molecule has 1 aliphatic carbocycles. The molecule has 2 N–H and O–H groups in total. The zero-order valence-electron chi connectivity index (χ0n) is 13.4. The molecule has 2 fully saturated rings. The third-order valence-electron chi connectivity index (χ3n) is 5.61. The van der Waals surface area contributed by atoms with Gasteiger partial charge in [-0.15, -0.1) is 0 Å². The predicted octanol–water partition coefficient (Wildman–Crippen LogP) is 1.90. The fourth-order valence-corrected chi connectivity index (χ4v) is 4.43. The Balaban J connectivity index is 1.56. The topological polar surface area (TPSA) is 52.6 Å². The van der Waals surface area contributed by atoms with Gasteiger partial charge in [-0.25, -0.2) is 0 Å². The molecule has 2 heterocycles. The van der Waals surface area contributed by atoms with Crippen LogP contribution in [0.25, 0.3) is 5.57 Å². The van der Waals surface area contributed by atoms with Crippen molar-refractivity contribution < 1.29 is 9.90 Å². The average molecular weight is 312 g/mol. The average Bonchev–Trinajstić information content (AvgIpc) is 2.58. The molecule has 2 saturated heterocycles. The quantitative estimate of drug-likeness (QED) is 0.896. The first-order valence-electron chi connectivity index (χ1n) is 8.71. The molecule has 1 aromatic rings. The van der Waals surface area contributed by atoms with E-state index in [4.69, 9.17) is 0 Å². The van der Waals surface area contributed by atoms with E-state index in [1.54, 1.807) is 0 Å². The lowest BCUT2D eigenvalue weighted by atomic mass is 9.74. The number of hydrogen-bond acceptors (Lipinski definition) is 3. The third-order valence-corrected chi connectivity index (χ3v) is 5.61. The number of benzene rings is 1. The van der Waals surface area contributed by atoms with Crippen molar-refractivity contribution in [3.05, 3.63) is 41.5 Å². The lowest BCUT2D eigenvalue weighted by Gasteiger charge is -2.57. The van der Waals surface area contributed by atoms with Crippen molar-refractivity contribution in [3.8, 4) is 0 Å². The van der Waals surface area contributed by atoms with Gasteiger partial charge < -0.3 is 15.3 Å². The van der Waals surface area contributed by atoms with Crippen molar-refractivity contribution in [3.63, 3.8) is 0 Å². The van der Waals surface area contributed by atoms with E-state index in [1.807, 2.05) is 4.90 Å². The van der Waals surface area contributed by atoms with Crippen LogP contribution in [0, 0.1) is 0 Å². The van der Waals surface area contributed by atoms with Crippen molar-refractivity contribution in [2.75, 3.05) is 19.7 Å². The number of hydrogen-bond donors (Lipinski definition) is 2. The maximum absolute atomic E-state index is 12.0. The van der Waals surface area contributed by atoms with Gasteiger partial charge in [0.15, 0.2) is 0 Å². The van der Waals surface area contributed by atoms with E-state index in [-0.39, 0.29) is 30.5 Å². The van der Waals surface area contributed by atoms with Crippen LogP contribution in [0.3, 0.4) is 0 Å². The fourth-order valence-electron chi connectivity index (χ4n) is 4.43. The normalized spacial score (nSPS) is 30.5. The first-order chi connectivity index (χ1) is 11.3. The number of carbonyl (C=O) groups is 1. The van der Waals surface area contributed by atoms with Crippen molar-refractivity contribution in [2.24, 2.45) is 0 Å². The number of amides is 1. The number of piperazine rings is 1. The van der Waals surface area contributed by atoms with Crippen LogP contribution in [0.4, 0.5) is 0 Å². The Morgan fingerprint density at radius 2 is 2.04 bits per heavy atom. The van der Waals surface area contributed by atoms with Gasteiger partial charge in [0.25, 0.3) is 0 Å². The Morgan fingerprint density at radius 3 is 2.74 bits per heavy atom. The molecule has 4 heteroatoms. The number of rotatable bonds is 3. The maximum Gasteiger partial charge on any atom is 0.237 e. The second-order valence-corrected chi connectivity index (χ2v) is 6.87. The summed E-state index contributed by atoms with van der Waals surface area (Å²) in [5, 5.41) is 12.9. The van der Waals surface area contributed by atoms with Gasteiger partial charge in [-0.1, -0.05) is 30.3 Å².